The Hall–Kier alpha value is -0.820. The monoisotopic (exact) mass is 248 g/mol. The zero-order chi connectivity index (χ0) is 13.8. The van der Waals surface area contributed by atoms with Crippen molar-refractivity contribution in [3.63, 3.8) is 0 Å². The van der Waals surface area contributed by atoms with Gasteiger partial charge in [0.1, 0.15) is 0 Å². The summed E-state index contributed by atoms with van der Waals surface area (Å²) >= 11 is 0. The molecule has 1 aromatic carbocycles. The van der Waals surface area contributed by atoms with Crippen LogP contribution in [0, 0.1) is 18.3 Å². The van der Waals surface area contributed by atoms with E-state index in [9.17, 15) is 5.11 Å². The van der Waals surface area contributed by atoms with E-state index < -0.39 is 0 Å². The van der Waals surface area contributed by atoms with Gasteiger partial charge in [-0.1, -0.05) is 57.5 Å². The Balaban J connectivity index is 2.44. The van der Waals surface area contributed by atoms with Gasteiger partial charge in [-0.3, -0.25) is 0 Å². The summed E-state index contributed by atoms with van der Waals surface area (Å²) in [5.74, 6) is 0.574. The second-order valence-corrected chi connectivity index (χ2v) is 6.95. The third kappa shape index (κ3) is 6.20. The summed E-state index contributed by atoms with van der Waals surface area (Å²) in [6.07, 6.45) is 2.61. The molecule has 0 fully saturated rings. The average Bonchev–Trinajstić information content (AvgIpc) is 2.13. The SMILES string of the molecule is Cc1cccc(CC(O)CC(C)CC(C)(C)C)c1. The fourth-order valence-corrected chi connectivity index (χ4v) is 2.79. The highest BCUT2D eigenvalue weighted by molar-refractivity contribution is 5.22. The average molecular weight is 248 g/mol. The summed E-state index contributed by atoms with van der Waals surface area (Å²) in [4.78, 5) is 0. The molecule has 1 N–H and O–H groups in total. The van der Waals surface area contributed by atoms with Crippen molar-refractivity contribution in [3.05, 3.63) is 35.4 Å². The summed E-state index contributed by atoms with van der Waals surface area (Å²) in [7, 11) is 0. The van der Waals surface area contributed by atoms with Gasteiger partial charge in [-0.25, -0.2) is 0 Å². The van der Waals surface area contributed by atoms with Gasteiger partial charge in [0.05, 0.1) is 6.10 Å². The standard InChI is InChI=1S/C17H28O/c1-13-7-6-8-15(9-13)11-16(18)10-14(2)12-17(3,4)5/h6-9,14,16,18H,10-12H2,1-5H3. The molecule has 0 amide bonds. The Bertz CT molecular complexity index is 362. The molecule has 0 saturated carbocycles. The number of hydrogen-bond acceptors (Lipinski definition) is 1. The number of aliphatic hydroxyl groups is 1. The van der Waals surface area contributed by atoms with Crippen molar-refractivity contribution in [1.29, 1.82) is 0 Å². The van der Waals surface area contributed by atoms with Crippen LogP contribution < -0.4 is 0 Å². The summed E-state index contributed by atoms with van der Waals surface area (Å²) in [5, 5.41) is 10.2. The van der Waals surface area contributed by atoms with E-state index in [-0.39, 0.29) is 6.10 Å². The zero-order valence-corrected chi connectivity index (χ0v) is 12.5. The van der Waals surface area contributed by atoms with E-state index in [1.54, 1.807) is 0 Å². The molecule has 2 atom stereocenters. The minimum absolute atomic E-state index is 0.218. The molecule has 102 valence electrons. The minimum atomic E-state index is -0.218. The van der Waals surface area contributed by atoms with E-state index >= 15 is 0 Å². The second kappa shape index (κ2) is 6.38. The molecule has 0 spiro atoms. The van der Waals surface area contributed by atoms with Gasteiger partial charge in [0.2, 0.25) is 0 Å². The molecule has 1 nitrogen and oxygen atoms in total. The largest absolute Gasteiger partial charge is 0.393 e. The molecule has 0 aliphatic carbocycles. The molecule has 0 aliphatic heterocycles. The lowest BCUT2D eigenvalue weighted by atomic mass is 9.82. The van der Waals surface area contributed by atoms with Crippen molar-refractivity contribution in [1.82, 2.24) is 0 Å². The molecular formula is C17H28O. The first-order valence-corrected chi connectivity index (χ1v) is 7.00. The number of aryl methyl sites for hydroxylation is 1. The van der Waals surface area contributed by atoms with Crippen LogP contribution in [0.15, 0.2) is 24.3 Å². The Kier molecular flexibility index (Phi) is 5.40. The maximum absolute atomic E-state index is 10.2. The molecule has 0 aromatic heterocycles. The summed E-state index contributed by atoms with van der Waals surface area (Å²) in [6, 6.07) is 8.43. The summed E-state index contributed by atoms with van der Waals surface area (Å²) in [6.45, 7) is 11.1. The van der Waals surface area contributed by atoms with E-state index in [1.165, 1.54) is 11.1 Å². The number of rotatable bonds is 5. The van der Waals surface area contributed by atoms with Gasteiger partial charge in [0.25, 0.3) is 0 Å². The smallest absolute Gasteiger partial charge is 0.0583 e. The lowest BCUT2D eigenvalue weighted by Crippen LogP contribution is -2.18. The Morgan fingerprint density at radius 1 is 1.22 bits per heavy atom. The van der Waals surface area contributed by atoms with Crippen LogP contribution in [0.2, 0.25) is 0 Å². The van der Waals surface area contributed by atoms with Gasteiger partial charge < -0.3 is 5.11 Å². The van der Waals surface area contributed by atoms with Crippen LogP contribution in [0.4, 0.5) is 0 Å². The van der Waals surface area contributed by atoms with Crippen LogP contribution in [0.1, 0.15) is 51.7 Å². The molecule has 0 aliphatic rings. The van der Waals surface area contributed by atoms with E-state index in [0.717, 1.165) is 19.3 Å². The van der Waals surface area contributed by atoms with Gasteiger partial charge in [-0.15, -0.1) is 0 Å². The zero-order valence-electron chi connectivity index (χ0n) is 12.5. The maximum Gasteiger partial charge on any atom is 0.0583 e. The fourth-order valence-electron chi connectivity index (χ4n) is 2.79. The van der Waals surface area contributed by atoms with Crippen molar-refractivity contribution in [2.75, 3.05) is 0 Å². The van der Waals surface area contributed by atoms with Crippen LogP contribution in [-0.2, 0) is 6.42 Å². The lowest BCUT2D eigenvalue weighted by Gasteiger charge is -2.25. The molecule has 1 heteroatoms. The predicted molar refractivity (Wildman–Crippen MR) is 78.7 cm³/mol. The van der Waals surface area contributed by atoms with Crippen molar-refractivity contribution in [2.24, 2.45) is 11.3 Å². The van der Waals surface area contributed by atoms with Crippen LogP contribution in [-0.4, -0.2) is 11.2 Å². The van der Waals surface area contributed by atoms with Gasteiger partial charge in [0.15, 0.2) is 0 Å². The summed E-state index contributed by atoms with van der Waals surface area (Å²) in [5.41, 5.74) is 2.86. The Morgan fingerprint density at radius 3 is 2.44 bits per heavy atom. The number of hydrogen-bond donors (Lipinski definition) is 1. The van der Waals surface area contributed by atoms with Crippen molar-refractivity contribution in [3.8, 4) is 0 Å². The molecule has 0 bridgehead atoms. The molecule has 2 unspecified atom stereocenters. The first kappa shape index (κ1) is 15.2. The highest BCUT2D eigenvalue weighted by Gasteiger charge is 2.18. The van der Waals surface area contributed by atoms with Crippen molar-refractivity contribution < 1.29 is 5.11 Å². The number of aliphatic hydroxyl groups excluding tert-OH is 1. The van der Waals surface area contributed by atoms with E-state index in [1.807, 2.05) is 0 Å². The maximum atomic E-state index is 10.2. The Labute approximate surface area is 112 Å². The van der Waals surface area contributed by atoms with Crippen LogP contribution in [0.3, 0.4) is 0 Å². The second-order valence-electron chi connectivity index (χ2n) is 6.95. The Morgan fingerprint density at radius 2 is 1.89 bits per heavy atom. The highest BCUT2D eigenvalue weighted by Crippen LogP contribution is 2.27. The van der Waals surface area contributed by atoms with E-state index in [4.69, 9.17) is 0 Å². The number of benzene rings is 1. The van der Waals surface area contributed by atoms with E-state index in [2.05, 4.69) is 58.9 Å². The quantitative estimate of drug-likeness (QED) is 0.821. The normalized spacial score (nSPS) is 15.4. The molecule has 0 heterocycles. The van der Waals surface area contributed by atoms with Crippen LogP contribution in [0.25, 0.3) is 0 Å². The van der Waals surface area contributed by atoms with Crippen molar-refractivity contribution in [2.45, 2.75) is 60.0 Å². The third-order valence-corrected chi connectivity index (χ3v) is 3.19. The first-order chi connectivity index (χ1) is 8.26. The lowest BCUT2D eigenvalue weighted by molar-refractivity contribution is 0.133. The highest BCUT2D eigenvalue weighted by atomic mass is 16.3. The topological polar surface area (TPSA) is 20.2 Å². The van der Waals surface area contributed by atoms with Gasteiger partial charge >= 0.3 is 0 Å². The van der Waals surface area contributed by atoms with Crippen LogP contribution >= 0.6 is 0 Å². The van der Waals surface area contributed by atoms with Gasteiger partial charge in [-0.05, 0) is 43.1 Å². The summed E-state index contributed by atoms with van der Waals surface area (Å²) < 4.78 is 0. The molecule has 0 saturated heterocycles. The fraction of sp³-hybridized carbons (Fsp3) is 0.647. The molecule has 0 radical (unpaired) electrons. The third-order valence-electron chi connectivity index (χ3n) is 3.19. The molecular weight excluding hydrogens is 220 g/mol. The van der Waals surface area contributed by atoms with E-state index in [0.29, 0.717) is 11.3 Å². The molecule has 1 rings (SSSR count). The first-order valence-electron chi connectivity index (χ1n) is 7.00. The predicted octanol–water partition coefficient (Wildman–Crippen LogP) is 4.36. The molecule has 1 aromatic rings. The minimum Gasteiger partial charge on any atom is -0.393 e. The van der Waals surface area contributed by atoms with Gasteiger partial charge in [0, 0.05) is 0 Å². The van der Waals surface area contributed by atoms with Crippen LogP contribution in [0.5, 0.6) is 0 Å². The van der Waals surface area contributed by atoms with Gasteiger partial charge in [-0.2, -0.15) is 0 Å². The van der Waals surface area contributed by atoms with Crippen molar-refractivity contribution >= 4 is 0 Å². The molecule has 18 heavy (non-hydrogen) atoms.